The summed E-state index contributed by atoms with van der Waals surface area (Å²) in [5.74, 6) is -1.39. The Labute approximate surface area is 164 Å². The highest BCUT2D eigenvalue weighted by Gasteiger charge is 2.29. The van der Waals surface area contributed by atoms with Crippen LogP contribution >= 0.6 is 15.9 Å². The van der Waals surface area contributed by atoms with Crippen LogP contribution in [0.1, 0.15) is 16.8 Å². The Balaban J connectivity index is 1.76. The second kappa shape index (κ2) is 8.04. The predicted octanol–water partition coefficient (Wildman–Crippen LogP) is 3.26. The Morgan fingerprint density at radius 1 is 0.926 bits per heavy atom. The van der Waals surface area contributed by atoms with Gasteiger partial charge in [-0.2, -0.15) is 4.31 Å². The molecule has 1 heterocycles. The van der Waals surface area contributed by atoms with E-state index < -0.39 is 21.7 Å². The third kappa shape index (κ3) is 4.36. The molecular weight excluding hydrogens is 442 g/mol. The minimum absolute atomic E-state index is 0.0107. The first-order chi connectivity index (χ1) is 12.8. The standard InChI is InChI=1S/C18H17BrF2N2O3S/c19-17-7-4-14(21)12-16(17)18(24)22-8-1-9-23(11-10-22)27(25,26)15-5-2-13(20)3-6-15/h2-7,12H,1,8-11H2. The molecule has 0 saturated carbocycles. The lowest BCUT2D eigenvalue weighted by Gasteiger charge is -2.22. The number of carbonyl (C=O) groups is 1. The first-order valence-electron chi connectivity index (χ1n) is 8.29. The first kappa shape index (κ1) is 19.9. The van der Waals surface area contributed by atoms with E-state index in [-0.39, 0.29) is 36.0 Å². The van der Waals surface area contributed by atoms with Gasteiger partial charge in [0, 0.05) is 30.7 Å². The summed E-state index contributed by atoms with van der Waals surface area (Å²) in [6.07, 6.45) is 0.444. The molecule has 0 bridgehead atoms. The molecular formula is C18H17BrF2N2O3S. The topological polar surface area (TPSA) is 57.7 Å². The Hall–Kier alpha value is -1.84. The molecule has 1 aliphatic rings. The van der Waals surface area contributed by atoms with Crippen LogP contribution in [-0.2, 0) is 10.0 Å². The summed E-state index contributed by atoms with van der Waals surface area (Å²) in [6.45, 7) is 0.894. The van der Waals surface area contributed by atoms with Gasteiger partial charge >= 0.3 is 0 Å². The lowest BCUT2D eigenvalue weighted by Crippen LogP contribution is -2.37. The van der Waals surface area contributed by atoms with Crippen molar-refractivity contribution in [1.29, 1.82) is 0 Å². The van der Waals surface area contributed by atoms with Crippen molar-refractivity contribution >= 4 is 31.9 Å². The van der Waals surface area contributed by atoms with E-state index in [1.54, 1.807) is 0 Å². The van der Waals surface area contributed by atoms with E-state index in [1.807, 2.05) is 0 Å². The summed E-state index contributed by atoms with van der Waals surface area (Å²) < 4.78 is 53.8. The van der Waals surface area contributed by atoms with Gasteiger partial charge in [-0.15, -0.1) is 0 Å². The molecule has 0 atom stereocenters. The van der Waals surface area contributed by atoms with E-state index in [9.17, 15) is 22.0 Å². The highest BCUT2D eigenvalue weighted by atomic mass is 79.9. The van der Waals surface area contributed by atoms with E-state index in [0.29, 0.717) is 17.4 Å². The summed E-state index contributed by atoms with van der Waals surface area (Å²) in [4.78, 5) is 14.2. The van der Waals surface area contributed by atoms with Gasteiger partial charge < -0.3 is 4.90 Å². The van der Waals surface area contributed by atoms with Crippen LogP contribution in [0.5, 0.6) is 0 Å². The smallest absolute Gasteiger partial charge is 0.255 e. The van der Waals surface area contributed by atoms with Crippen molar-refractivity contribution in [2.24, 2.45) is 0 Å². The Kier molecular flexibility index (Phi) is 5.92. The van der Waals surface area contributed by atoms with Gasteiger partial charge in [0.25, 0.3) is 5.91 Å². The molecule has 1 amide bonds. The van der Waals surface area contributed by atoms with E-state index >= 15 is 0 Å². The average Bonchev–Trinajstić information content (AvgIpc) is 2.90. The van der Waals surface area contributed by atoms with Gasteiger partial charge in [0.15, 0.2) is 0 Å². The van der Waals surface area contributed by atoms with Gasteiger partial charge in [0.05, 0.1) is 10.5 Å². The summed E-state index contributed by atoms with van der Waals surface area (Å²) in [5, 5.41) is 0. The predicted molar refractivity (Wildman–Crippen MR) is 99.8 cm³/mol. The van der Waals surface area contributed by atoms with Crippen LogP contribution in [0.3, 0.4) is 0 Å². The molecule has 9 heteroatoms. The number of carbonyl (C=O) groups excluding carboxylic acids is 1. The second-order valence-electron chi connectivity index (χ2n) is 6.13. The van der Waals surface area contributed by atoms with E-state index in [1.165, 1.54) is 33.5 Å². The Morgan fingerprint density at radius 3 is 2.30 bits per heavy atom. The van der Waals surface area contributed by atoms with Gasteiger partial charge in [0.1, 0.15) is 11.6 Å². The molecule has 0 radical (unpaired) electrons. The number of rotatable bonds is 3. The molecule has 2 aromatic rings. The number of sulfonamides is 1. The van der Waals surface area contributed by atoms with Crippen molar-refractivity contribution in [3.63, 3.8) is 0 Å². The van der Waals surface area contributed by atoms with E-state index in [2.05, 4.69) is 15.9 Å². The molecule has 0 spiro atoms. The van der Waals surface area contributed by atoms with Crippen molar-refractivity contribution in [2.75, 3.05) is 26.2 Å². The molecule has 1 fully saturated rings. The minimum Gasteiger partial charge on any atom is -0.337 e. The minimum atomic E-state index is -3.77. The molecule has 2 aromatic carbocycles. The molecule has 0 N–H and O–H groups in total. The maximum Gasteiger partial charge on any atom is 0.255 e. The molecule has 3 rings (SSSR count). The summed E-state index contributed by atoms with van der Waals surface area (Å²) in [5.41, 5.74) is 0.199. The zero-order valence-electron chi connectivity index (χ0n) is 14.2. The van der Waals surface area contributed by atoms with E-state index in [4.69, 9.17) is 0 Å². The number of benzene rings is 2. The lowest BCUT2D eigenvalue weighted by atomic mass is 10.2. The fraction of sp³-hybridized carbons (Fsp3) is 0.278. The number of halogens is 3. The van der Waals surface area contributed by atoms with Gasteiger partial charge in [0.2, 0.25) is 10.0 Å². The molecule has 0 aromatic heterocycles. The highest BCUT2D eigenvalue weighted by molar-refractivity contribution is 9.10. The number of nitrogens with zero attached hydrogens (tertiary/aromatic N) is 2. The van der Waals surface area contributed by atoms with Gasteiger partial charge in [-0.25, -0.2) is 17.2 Å². The zero-order chi connectivity index (χ0) is 19.6. The van der Waals surface area contributed by atoms with Crippen LogP contribution in [0.15, 0.2) is 51.8 Å². The second-order valence-corrected chi connectivity index (χ2v) is 8.92. The quantitative estimate of drug-likeness (QED) is 0.708. The third-order valence-corrected chi connectivity index (χ3v) is 6.96. The SMILES string of the molecule is O=C(c1cc(F)ccc1Br)N1CCCN(S(=O)(=O)c2ccc(F)cc2)CC1. The fourth-order valence-electron chi connectivity index (χ4n) is 2.92. The maximum absolute atomic E-state index is 13.5. The fourth-order valence-corrected chi connectivity index (χ4v) is 4.81. The molecule has 144 valence electrons. The summed E-state index contributed by atoms with van der Waals surface area (Å²) in [6, 6.07) is 8.52. The van der Waals surface area contributed by atoms with Crippen LogP contribution in [-0.4, -0.2) is 49.7 Å². The Morgan fingerprint density at radius 2 is 1.59 bits per heavy atom. The van der Waals surface area contributed by atoms with Crippen LogP contribution < -0.4 is 0 Å². The van der Waals surface area contributed by atoms with Crippen LogP contribution in [0.2, 0.25) is 0 Å². The lowest BCUT2D eigenvalue weighted by molar-refractivity contribution is 0.0763. The van der Waals surface area contributed by atoms with Crippen molar-refractivity contribution in [2.45, 2.75) is 11.3 Å². The molecule has 27 heavy (non-hydrogen) atoms. The monoisotopic (exact) mass is 458 g/mol. The number of amides is 1. The zero-order valence-corrected chi connectivity index (χ0v) is 16.6. The highest BCUT2D eigenvalue weighted by Crippen LogP contribution is 2.22. The molecule has 0 aliphatic carbocycles. The van der Waals surface area contributed by atoms with Crippen LogP contribution in [0.25, 0.3) is 0 Å². The van der Waals surface area contributed by atoms with Gasteiger partial charge in [-0.1, -0.05) is 0 Å². The van der Waals surface area contributed by atoms with Crippen molar-refractivity contribution < 1.29 is 22.0 Å². The number of hydrogen-bond acceptors (Lipinski definition) is 3. The third-order valence-electron chi connectivity index (χ3n) is 4.35. The van der Waals surface area contributed by atoms with Crippen molar-refractivity contribution in [3.05, 3.63) is 64.1 Å². The van der Waals surface area contributed by atoms with Crippen LogP contribution in [0.4, 0.5) is 8.78 Å². The van der Waals surface area contributed by atoms with Crippen molar-refractivity contribution in [1.82, 2.24) is 9.21 Å². The first-order valence-corrected chi connectivity index (χ1v) is 10.5. The summed E-state index contributed by atoms with van der Waals surface area (Å²) in [7, 11) is -3.77. The normalized spacial score (nSPS) is 16.2. The molecule has 1 saturated heterocycles. The summed E-state index contributed by atoms with van der Waals surface area (Å²) >= 11 is 3.25. The Bertz CT molecular complexity index is 952. The average molecular weight is 459 g/mol. The van der Waals surface area contributed by atoms with Crippen LogP contribution in [0, 0.1) is 11.6 Å². The maximum atomic E-state index is 13.5. The number of hydrogen-bond donors (Lipinski definition) is 0. The largest absolute Gasteiger partial charge is 0.337 e. The molecule has 0 unspecified atom stereocenters. The molecule has 1 aliphatic heterocycles. The van der Waals surface area contributed by atoms with Gasteiger partial charge in [-0.05, 0) is 64.8 Å². The van der Waals surface area contributed by atoms with Gasteiger partial charge in [-0.3, -0.25) is 4.79 Å². The van der Waals surface area contributed by atoms with Crippen molar-refractivity contribution in [3.8, 4) is 0 Å². The van der Waals surface area contributed by atoms with E-state index in [0.717, 1.165) is 18.2 Å². The molecule has 5 nitrogen and oxygen atoms in total.